The van der Waals surface area contributed by atoms with Gasteiger partial charge in [0.1, 0.15) is 104 Å². The first-order chi connectivity index (χ1) is 39.8. The van der Waals surface area contributed by atoms with E-state index in [1.165, 1.54) is 56.9 Å². The van der Waals surface area contributed by atoms with Gasteiger partial charge in [-0.2, -0.15) is 0 Å². The van der Waals surface area contributed by atoms with Crippen LogP contribution in [0.2, 0.25) is 0 Å². The highest BCUT2D eigenvalue weighted by Gasteiger charge is 2.58. The summed E-state index contributed by atoms with van der Waals surface area (Å²) in [5.41, 5.74) is 1.70. The number of Topliss-reactive ketones (excluding diaryl/α,β-unsaturated/α-hetero) is 2. The van der Waals surface area contributed by atoms with Crippen LogP contribution in [0.1, 0.15) is 47.1 Å². The van der Waals surface area contributed by atoms with E-state index < -0.39 is 181 Å². The van der Waals surface area contributed by atoms with Crippen LogP contribution in [-0.4, -0.2) is 279 Å². The molecule has 0 spiro atoms. The number of H-pyrrole nitrogens is 2. The molecule has 6 aliphatic rings. The Morgan fingerprint density at radius 1 is 0.635 bits per heavy atom. The van der Waals surface area contributed by atoms with E-state index in [9.17, 15) is 84.3 Å². The van der Waals surface area contributed by atoms with Gasteiger partial charge < -0.3 is 94.7 Å². The SMILES string of the molecule is CC(=O)C1=CCN(C)[C@@H]([C@H](OC2OC(CN)C(O)C2O)C2OC(n3ccc(=O)[nH]c3=O)C(O)C2O)C(=O)N1C.CC(=O)C1=CCN(C)[C@@H]([C@H](OC2OC(CN=C([O-])OC(C)(C)C)C(O)C2O)C2OC(n3ccc(=O)[nH]c3=O)C(O)C2O)C(=O)N1C. The number of nitrogens with zero attached hydrogens (tertiary/aromatic N) is 7. The van der Waals surface area contributed by atoms with Crippen LogP contribution in [0.5, 0.6) is 0 Å². The molecule has 16 unspecified atom stereocenters. The van der Waals surface area contributed by atoms with Crippen LogP contribution in [0.15, 0.2) is 72.2 Å². The van der Waals surface area contributed by atoms with Crippen LogP contribution in [0.25, 0.3) is 0 Å². The highest BCUT2D eigenvalue weighted by Crippen LogP contribution is 2.38. The van der Waals surface area contributed by atoms with E-state index in [0.29, 0.717) is 0 Å². The Kier molecular flexibility index (Phi) is 20.9. The van der Waals surface area contributed by atoms with Crippen LogP contribution in [-0.2, 0) is 52.3 Å². The Bertz CT molecular complexity index is 3100. The summed E-state index contributed by atoms with van der Waals surface area (Å²) in [6, 6.07) is -0.598. The minimum absolute atomic E-state index is 0.0395. The van der Waals surface area contributed by atoms with Crippen molar-refractivity contribution in [2.75, 3.05) is 54.4 Å². The average molecular weight is 1210 g/mol. The number of aliphatic hydroxyl groups excluding tert-OH is 8. The molecule has 8 heterocycles. The number of likely N-dealkylation sites (N-methyl/N-ethyl adjacent to an activating group) is 4. The fourth-order valence-electron chi connectivity index (χ4n) is 10.6. The fourth-order valence-corrected chi connectivity index (χ4v) is 10.6. The number of hydrogen-bond acceptors (Lipinski definition) is 28. The average Bonchev–Trinajstić information content (AvgIpc) is 4.03. The van der Waals surface area contributed by atoms with Gasteiger partial charge >= 0.3 is 11.4 Å². The van der Waals surface area contributed by atoms with Gasteiger partial charge in [-0.15, -0.1) is 0 Å². The monoisotopic (exact) mass is 1210 g/mol. The first-order valence-electron chi connectivity index (χ1n) is 26.8. The lowest BCUT2D eigenvalue weighted by Gasteiger charge is -2.38. The third kappa shape index (κ3) is 14.1. The van der Waals surface area contributed by atoms with Gasteiger partial charge in [-0.1, -0.05) is 20.8 Å². The number of aromatic nitrogens is 4. The molecule has 2 amide bonds. The van der Waals surface area contributed by atoms with Crippen molar-refractivity contribution in [1.82, 2.24) is 38.7 Å². The Hall–Kier alpha value is -6.29. The van der Waals surface area contributed by atoms with E-state index in [1.807, 2.05) is 9.97 Å². The van der Waals surface area contributed by atoms with Gasteiger partial charge in [0.05, 0.1) is 17.9 Å². The van der Waals surface area contributed by atoms with Crippen LogP contribution in [0.3, 0.4) is 0 Å². The number of amides is 2. The summed E-state index contributed by atoms with van der Waals surface area (Å²) >= 11 is 0. The molecule has 0 saturated carbocycles. The highest BCUT2D eigenvalue weighted by atomic mass is 16.7. The smallest absolute Gasteiger partial charge is 0.330 e. The van der Waals surface area contributed by atoms with Crippen molar-refractivity contribution in [3.8, 4) is 0 Å². The predicted octanol–water partition coefficient (Wildman–Crippen LogP) is -9.04. The molecule has 4 saturated heterocycles. The van der Waals surface area contributed by atoms with E-state index in [-0.39, 0.29) is 36.8 Å². The first-order valence-corrected chi connectivity index (χ1v) is 26.8. The number of nitrogens with one attached hydrogen (secondary N) is 2. The number of ether oxygens (including phenoxy) is 7. The van der Waals surface area contributed by atoms with Gasteiger partial charge in [0.25, 0.3) is 11.1 Å². The zero-order valence-corrected chi connectivity index (χ0v) is 47.7. The second-order valence-electron chi connectivity index (χ2n) is 22.1. The summed E-state index contributed by atoms with van der Waals surface area (Å²) < 4.78 is 42.0. The number of nitrogens with two attached hydrogens (primary N) is 1. The number of aliphatic hydroxyl groups is 8. The molecule has 0 aliphatic carbocycles. The summed E-state index contributed by atoms with van der Waals surface area (Å²) in [6.07, 6.45) is -23.7. The van der Waals surface area contributed by atoms with Crippen molar-refractivity contribution in [3.63, 3.8) is 0 Å². The summed E-state index contributed by atoms with van der Waals surface area (Å²) in [7, 11) is 5.83. The molecule has 8 rings (SSSR count). The summed E-state index contributed by atoms with van der Waals surface area (Å²) in [4.78, 5) is 113. The minimum atomic E-state index is -1.80. The first kappa shape index (κ1) is 66.2. The maximum Gasteiger partial charge on any atom is 0.330 e. The van der Waals surface area contributed by atoms with E-state index in [4.69, 9.17) is 38.9 Å². The topological polar surface area (TPSA) is 479 Å². The summed E-state index contributed by atoms with van der Waals surface area (Å²) in [6.45, 7) is 7.05. The Morgan fingerprint density at radius 2 is 1.02 bits per heavy atom. The summed E-state index contributed by atoms with van der Waals surface area (Å²) in [5.74, 6) is -2.10. The van der Waals surface area contributed by atoms with Crippen LogP contribution in [0.4, 0.5) is 0 Å². The lowest BCUT2D eigenvalue weighted by molar-refractivity contribution is -0.261. The number of allylic oxidation sites excluding steroid dienone is 2. The number of ketones is 2. The van der Waals surface area contributed by atoms with Crippen molar-refractivity contribution in [2.45, 2.75) is 163 Å². The second kappa shape index (κ2) is 26.8. The van der Waals surface area contributed by atoms with E-state index in [0.717, 1.165) is 43.5 Å². The largest absolute Gasteiger partial charge is 0.595 e. The Labute approximate surface area is 483 Å². The molecular formula is C51H73N10O24-. The standard InChI is InChI=1S/C28H41N5O13.C23H33N5O11/c1-12(34)13-7-9-31(5)16(23(40)32(13)6)21(22-18(37)19(38)24(44-22)33-10-8-15(35)30-26(33)41)45-25-20(39)17(36)14(43-25)11-29-27(42)46-28(2,3)4;1-9(29)10-4-6-26(2)13(20(35)27(10)3)18(39-22-17(34)14(31)11(8-24)37-22)19-15(32)16(33)21(38-19)28-7-5-12(30)25-23(28)36/h7-8,10,14,16-22,24-25,36-39H,9,11H2,1-6H3,(H,29,42)(H,30,35,41);4-5,7,11,13-19,21-22,31-34H,6,8,24H2,1-3H3,(H,25,30,36)/p-1/t14?,16-,17?,18?,19?,20?,21-,22?,24?,25?;11?,13-,14?,15?,16?,17?,18-,19?,21?,22?/m00/s1. The molecule has 2 aromatic heterocycles. The van der Waals surface area contributed by atoms with Crippen molar-refractivity contribution in [2.24, 2.45) is 10.7 Å². The van der Waals surface area contributed by atoms with Gasteiger partial charge in [-0.3, -0.25) is 62.7 Å². The van der Waals surface area contributed by atoms with Crippen molar-refractivity contribution >= 4 is 29.5 Å². The van der Waals surface area contributed by atoms with E-state index >= 15 is 0 Å². The van der Waals surface area contributed by atoms with E-state index in [2.05, 4.69) is 4.99 Å². The van der Waals surface area contributed by atoms with Crippen LogP contribution < -0.4 is 33.3 Å². The third-order valence-electron chi connectivity index (χ3n) is 15.0. The maximum atomic E-state index is 13.9. The molecule has 12 N–H and O–H groups in total. The molecule has 20 atom stereocenters. The molecule has 6 aliphatic heterocycles. The van der Waals surface area contributed by atoms with Crippen molar-refractivity contribution in [1.29, 1.82) is 0 Å². The summed E-state index contributed by atoms with van der Waals surface area (Å²) in [5, 5.41) is 98.6. The number of aliphatic imine (C=N–C) groups is 1. The van der Waals surface area contributed by atoms with Gasteiger partial charge in [-0.25, -0.2) is 9.59 Å². The lowest BCUT2D eigenvalue weighted by atomic mass is 9.97. The number of carbonyl (C=O) groups is 4. The van der Waals surface area contributed by atoms with Gasteiger partial charge in [0.2, 0.25) is 11.8 Å². The molecule has 0 radical (unpaired) electrons. The normalized spacial score (nSPS) is 35.0. The quantitative estimate of drug-likeness (QED) is 0.0583. The number of rotatable bonds is 15. The minimum Gasteiger partial charge on any atom is -0.595 e. The Morgan fingerprint density at radius 3 is 1.38 bits per heavy atom. The molecule has 472 valence electrons. The molecule has 2 aromatic rings. The van der Waals surface area contributed by atoms with Crippen molar-refractivity contribution < 1.29 is 98.3 Å². The number of carbonyl (C=O) groups excluding carboxylic acids is 4. The number of aromatic amines is 2. The Balaban J connectivity index is 0.000000247. The third-order valence-corrected chi connectivity index (χ3v) is 15.0. The fraction of sp³-hybridized carbons (Fsp3) is 0.667. The molecule has 34 nitrogen and oxygen atoms in total. The zero-order valence-electron chi connectivity index (χ0n) is 47.7. The molecular weight excluding hydrogens is 1140 g/mol. The molecule has 0 aromatic carbocycles. The predicted molar refractivity (Wildman–Crippen MR) is 284 cm³/mol. The van der Waals surface area contributed by atoms with Gasteiger partial charge in [0.15, 0.2) is 36.6 Å². The van der Waals surface area contributed by atoms with Crippen molar-refractivity contribution in [3.05, 3.63) is 89.7 Å². The maximum absolute atomic E-state index is 13.9. The zero-order chi connectivity index (χ0) is 63.0. The second-order valence-corrected chi connectivity index (χ2v) is 22.1. The van der Waals surface area contributed by atoms with E-state index in [1.54, 1.807) is 27.8 Å². The molecule has 34 heteroatoms. The molecule has 0 bridgehead atoms. The van der Waals surface area contributed by atoms with Crippen LogP contribution >= 0.6 is 0 Å². The molecule has 85 heavy (non-hydrogen) atoms. The van der Waals surface area contributed by atoms with Crippen LogP contribution in [0, 0.1) is 0 Å². The van der Waals surface area contributed by atoms with Gasteiger partial charge in [0, 0.05) is 77.7 Å². The highest BCUT2D eigenvalue weighted by molar-refractivity contribution is 5.99. The van der Waals surface area contributed by atoms with Gasteiger partial charge in [-0.05, 0) is 26.2 Å². The molecule has 4 fully saturated rings. The lowest BCUT2D eigenvalue weighted by Crippen LogP contribution is -2.59. The number of hydrogen-bond donors (Lipinski definition) is 11.